The lowest BCUT2D eigenvalue weighted by Crippen LogP contribution is -2.60. The first-order valence-electron chi connectivity index (χ1n) is 10.7. The van der Waals surface area contributed by atoms with Gasteiger partial charge < -0.3 is 35.0 Å². The lowest BCUT2D eigenvalue weighted by Gasteiger charge is -2.50. The molecule has 8 nitrogen and oxygen atoms in total. The molecule has 0 aromatic heterocycles. The summed E-state index contributed by atoms with van der Waals surface area (Å²) in [6.07, 6.45) is -3.63. The van der Waals surface area contributed by atoms with Crippen molar-refractivity contribution in [1.29, 1.82) is 0 Å². The van der Waals surface area contributed by atoms with Gasteiger partial charge in [-0.25, -0.2) is 0 Å². The third-order valence-electron chi connectivity index (χ3n) is 7.76. The molecule has 2 aliphatic carbocycles. The summed E-state index contributed by atoms with van der Waals surface area (Å²) in [6.45, 7) is 5.36. The lowest BCUT2D eigenvalue weighted by atomic mass is 9.56. The van der Waals surface area contributed by atoms with E-state index in [1.165, 1.54) is 0 Å². The summed E-state index contributed by atoms with van der Waals surface area (Å²) in [7, 11) is 0. The monoisotopic (exact) mass is 416 g/mol. The molecule has 0 spiro atoms. The van der Waals surface area contributed by atoms with Crippen molar-refractivity contribution in [3.8, 4) is 0 Å². The van der Waals surface area contributed by atoms with Crippen LogP contribution in [0.4, 0.5) is 0 Å². The van der Waals surface area contributed by atoms with Gasteiger partial charge in [0.2, 0.25) is 0 Å². The number of carbonyl (C=O) groups excluding carboxylic acids is 1. The van der Waals surface area contributed by atoms with Gasteiger partial charge in [0.15, 0.2) is 12.1 Å². The van der Waals surface area contributed by atoms with Gasteiger partial charge in [-0.3, -0.25) is 4.79 Å². The predicted octanol–water partition coefficient (Wildman–Crippen LogP) is -0.169. The van der Waals surface area contributed by atoms with E-state index in [1.807, 2.05) is 0 Å². The van der Waals surface area contributed by atoms with Crippen molar-refractivity contribution in [2.45, 2.75) is 83.3 Å². The van der Waals surface area contributed by atoms with Crippen LogP contribution in [0.25, 0.3) is 0 Å². The second-order valence-corrected chi connectivity index (χ2v) is 9.61. The Hall–Kier alpha value is -0.610. The Morgan fingerprint density at radius 2 is 1.79 bits per heavy atom. The summed E-state index contributed by atoms with van der Waals surface area (Å²) in [5, 5.41) is 49.3. The van der Waals surface area contributed by atoms with Crippen LogP contribution in [-0.4, -0.2) is 81.3 Å². The van der Waals surface area contributed by atoms with Gasteiger partial charge in [0, 0.05) is 5.92 Å². The molecule has 1 saturated heterocycles. The van der Waals surface area contributed by atoms with Crippen LogP contribution in [0.2, 0.25) is 0 Å². The summed E-state index contributed by atoms with van der Waals surface area (Å²) < 4.78 is 11.6. The number of aliphatic hydroxyl groups excluding tert-OH is 5. The topological polar surface area (TPSA) is 137 Å². The van der Waals surface area contributed by atoms with E-state index in [1.54, 1.807) is 0 Å². The molecule has 10 atom stereocenters. The van der Waals surface area contributed by atoms with E-state index >= 15 is 0 Å². The largest absolute Gasteiger partial charge is 0.394 e. The minimum atomic E-state index is -1.48. The van der Waals surface area contributed by atoms with Crippen molar-refractivity contribution in [1.82, 2.24) is 0 Å². The van der Waals surface area contributed by atoms with Crippen molar-refractivity contribution in [2.24, 2.45) is 29.1 Å². The number of ether oxygens (including phenoxy) is 2. The second-order valence-electron chi connectivity index (χ2n) is 9.61. The zero-order valence-electron chi connectivity index (χ0n) is 17.5. The molecule has 8 heteroatoms. The van der Waals surface area contributed by atoms with Crippen molar-refractivity contribution in [2.75, 3.05) is 13.2 Å². The van der Waals surface area contributed by atoms with E-state index in [-0.39, 0.29) is 35.1 Å². The number of Topliss-reactive ketones (excluding diaryl/α,β-unsaturated/α-hetero) is 1. The fourth-order valence-electron chi connectivity index (χ4n) is 6.00. The number of ketones is 1. The van der Waals surface area contributed by atoms with E-state index < -0.39 is 43.9 Å². The molecule has 0 aromatic rings. The predicted molar refractivity (Wildman–Crippen MR) is 103 cm³/mol. The van der Waals surface area contributed by atoms with Crippen LogP contribution in [0.1, 0.15) is 46.5 Å². The Labute approximate surface area is 171 Å². The summed E-state index contributed by atoms with van der Waals surface area (Å²) >= 11 is 0. The smallest absolute Gasteiger partial charge is 0.186 e. The molecular formula is C21H36O8. The highest BCUT2D eigenvalue weighted by atomic mass is 16.7. The van der Waals surface area contributed by atoms with Gasteiger partial charge in [-0.1, -0.05) is 20.8 Å². The van der Waals surface area contributed by atoms with Crippen LogP contribution >= 0.6 is 0 Å². The molecule has 3 aliphatic rings. The van der Waals surface area contributed by atoms with Crippen molar-refractivity contribution >= 4 is 5.78 Å². The molecule has 29 heavy (non-hydrogen) atoms. The first-order valence-corrected chi connectivity index (χ1v) is 10.7. The first-order chi connectivity index (χ1) is 13.7. The SMILES string of the molecule is CC(C)C1CCC2(C)C(OC3OC(CO)C(O)C(O)C3O)CCC2C1C(=O)CO. The molecule has 3 fully saturated rings. The fourth-order valence-corrected chi connectivity index (χ4v) is 6.00. The zero-order valence-corrected chi connectivity index (χ0v) is 17.5. The van der Waals surface area contributed by atoms with Crippen LogP contribution in [-0.2, 0) is 14.3 Å². The van der Waals surface area contributed by atoms with Crippen molar-refractivity contribution < 1.29 is 39.8 Å². The minimum absolute atomic E-state index is 0.0678. The molecule has 0 amide bonds. The zero-order chi connectivity index (χ0) is 21.5. The highest BCUT2D eigenvalue weighted by Crippen LogP contribution is 2.58. The number of hydrogen-bond donors (Lipinski definition) is 5. The van der Waals surface area contributed by atoms with Crippen molar-refractivity contribution in [3.63, 3.8) is 0 Å². The number of aliphatic hydroxyl groups is 5. The quantitative estimate of drug-likeness (QED) is 0.403. The maximum atomic E-state index is 12.6. The van der Waals surface area contributed by atoms with Gasteiger partial charge >= 0.3 is 0 Å². The van der Waals surface area contributed by atoms with E-state index in [4.69, 9.17) is 9.47 Å². The molecule has 1 heterocycles. The van der Waals surface area contributed by atoms with Crippen LogP contribution in [0, 0.1) is 29.1 Å². The van der Waals surface area contributed by atoms with Crippen LogP contribution < -0.4 is 0 Å². The third kappa shape index (κ3) is 4.01. The Morgan fingerprint density at radius 1 is 1.10 bits per heavy atom. The second kappa shape index (κ2) is 8.86. The average molecular weight is 417 g/mol. The molecule has 0 aromatic carbocycles. The van der Waals surface area contributed by atoms with E-state index in [0.29, 0.717) is 12.3 Å². The van der Waals surface area contributed by atoms with Gasteiger partial charge in [-0.15, -0.1) is 0 Å². The van der Waals surface area contributed by atoms with Gasteiger partial charge in [0.25, 0.3) is 0 Å². The third-order valence-corrected chi connectivity index (χ3v) is 7.76. The normalized spacial score (nSPS) is 48.0. The number of rotatable bonds is 6. The Bertz CT molecular complexity index is 581. The van der Waals surface area contributed by atoms with Gasteiger partial charge in [0.1, 0.15) is 31.0 Å². The molecule has 168 valence electrons. The molecule has 0 bridgehead atoms. The number of carbonyl (C=O) groups is 1. The molecule has 1 aliphatic heterocycles. The Morgan fingerprint density at radius 3 is 2.38 bits per heavy atom. The van der Waals surface area contributed by atoms with Crippen LogP contribution in [0.3, 0.4) is 0 Å². The van der Waals surface area contributed by atoms with Gasteiger partial charge in [-0.2, -0.15) is 0 Å². The number of fused-ring (bicyclic) bond motifs is 1. The lowest BCUT2D eigenvalue weighted by molar-refractivity contribution is -0.319. The molecular weight excluding hydrogens is 380 g/mol. The average Bonchev–Trinajstić information content (AvgIpc) is 3.02. The van der Waals surface area contributed by atoms with Gasteiger partial charge in [0.05, 0.1) is 12.7 Å². The molecule has 2 saturated carbocycles. The molecule has 0 radical (unpaired) electrons. The maximum absolute atomic E-state index is 12.6. The number of hydrogen-bond acceptors (Lipinski definition) is 8. The maximum Gasteiger partial charge on any atom is 0.186 e. The fraction of sp³-hybridized carbons (Fsp3) is 0.952. The summed E-state index contributed by atoms with van der Waals surface area (Å²) in [5.74, 6) is 0.289. The van der Waals surface area contributed by atoms with Gasteiger partial charge in [-0.05, 0) is 48.9 Å². The van der Waals surface area contributed by atoms with E-state index in [0.717, 1.165) is 19.3 Å². The van der Waals surface area contributed by atoms with Crippen LogP contribution in [0.5, 0.6) is 0 Å². The van der Waals surface area contributed by atoms with E-state index in [2.05, 4.69) is 20.8 Å². The highest BCUT2D eigenvalue weighted by Gasteiger charge is 2.58. The summed E-state index contributed by atoms with van der Waals surface area (Å²) in [5.41, 5.74) is -0.320. The van der Waals surface area contributed by atoms with Crippen LogP contribution in [0.15, 0.2) is 0 Å². The Balaban J connectivity index is 1.79. The molecule has 5 N–H and O–H groups in total. The molecule has 3 rings (SSSR count). The van der Waals surface area contributed by atoms with E-state index in [9.17, 15) is 30.3 Å². The summed E-state index contributed by atoms with van der Waals surface area (Å²) in [4.78, 5) is 12.6. The highest BCUT2D eigenvalue weighted by molar-refractivity contribution is 5.83. The van der Waals surface area contributed by atoms with Crippen molar-refractivity contribution in [3.05, 3.63) is 0 Å². The summed E-state index contributed by atoms with van der Waals surface area (Å²) in [6, 6.07) is 0. The first kappa shape index (κ1) is 23.1. The minimum Gasteiger partial charge on any atom is -0.394 e. The Kier molecular flexibility index (Phi) is 7.05. The standard InChI is InChI=1S/C21H36O8/c1-10(2)11-6-7-21(3)12(16(11)13(24)8-22)4-5-15(21)29-20-19(27)18(26)17(25)14(9-23)28-20/h10-12,14-20,22-23,25-27H,4-9H2,1-3H3. The molecule has 10 unspecified atom stereocenters.